The summed E-state index contributed by atoms with van der Waals surface area (Å²) in [7, 11) is -0.641. The average molecular weight is 597 g/mol. The SMILES string of the molecule is CN(C)C(=O)CN(c1ccc(N/C(=C2\C(=O)Nc3cc(Cl)ccc32)c2ccc(CCC(=O)O)cc2)cc1)S(C)(=O)=O. The highest BCUT2D eigenvalue weighted by atomic mass is 35.5. The molecule has 4 rings (SSSR count). The van der Waals surface area contributed by atoms with Crippen LogP contribution >= 0.6 is 11.6 Å². The molecule has 3 aromatic carbocycles. The second kappa shape index (κ2) is 12.0. The van der Waals surface area contributed by atoms with Crippen molar-refractivity contribution in [3.05, 3.63) is 88.4 Å². The van der Waals surface area contributed by atoms with Crippen LogP contribution in [0, 0.1) is 0 Å². The maximum Gasteiger partial charge on any atom is 0.303 e. The fraction of sp³-hybridized carbons (Fsp3) is 0.207. The number of carboxylic acid groups (broad SMARTS) is 1. The lowest BCUT2D eigenvalue weighted by Crippen LogP contribution is -2.39. The Hall–Kier alpha value is -4.35. The molecule has 1 aliphatic rings. The Morgan fingerprint density at radius 2 is 1.66 bits per heavy atom. The van der Waals surface area contributed by atoms with Crippen LogP contribution in [0.2, 0.25) is 5.02 Å². The second-order valence-corrected chi connectivity index (χ2v) is 12.1. The molecule has 1 aliphatic heterocycles. The molecule has 0 saturated carbocycles. The molecule has 0 aromatic heterocycles. The highest BCUT2D eigenvalue weighted by Gasteiger charge is 2.29. The Morgan fingerprint density at radius 3 is 2.24 bits per heavy atom. The number of sulfonamides is 1. The predicted octanol–water partition coefficient (Wildman–Crippen LogP) is 4.14. The molecule has 1 heterocycles. The van der Waals surface area contributed by atoms with E-state index in [2.05, 4.69) is 10.6 Å². The molecule has 3 N–H and O–H groups in total. The fourth-order valence-electron chi connectivity index (χ4n) is 4.28. The van der Waals surface area contributed by atoms with Crippen LogP contribution in [0.25, 0.3) is 11.3 Å². The number of anilines is 3. The van der Waals surface area contributed by atoms with E-state index in [4.69, 9.17) is 16.7 Å². The summed E-state index contributed by atoms with van der Waals surface area (Å²) in [4.78, 5) is 37.7. The Labute approximate surface area is 243 Å². The van der Waals surface area contributed by atoms with Gasteiger partial charge in [0.25, 0.3) is 5.91 Å². The normalized spacial score (nSPS) is 13.7. The number of nitrogens with zero attached hydrogens (tertiary/aromatic N) is 2. The molecule has 41 heavy (non-hydrogen) atoms. The highest BCUT2D eigenvalue weighted by molar-refractivity contribution is 7.92. The minimum Gasteiger partial charge on any atom is -0.481 e. The molecule has 0 spiro atoms. The van der Waals surface area contributed by atoms with Crippen LogP contribution in [0.15, 0.2) is 66.7 Å². The van der Waals surface area contributed by atoms with Crippen LogP contribution < -0.4 is 14.9 Å². The Bertz CT molecular complexity index is 1630. The van der Waals surface area contributed by atoms with Crippen LogP contribution in [0.1, 0.15) is 23.1 Å². The Morgan fingerprint density at radius 1 is 1.00 bits per heavy atom. The van der Waals surface area contributed by atoms with E-state index >= 15 is 0 Å². The van der Waals surface area contributed by atoms with Crippen LogP contribution in [0.3, 0.4) is 0 Å². The van der Waals surface area contributed by atoms with Gasteiger partial charge < -0.3 is 20.6 Å². The molecule has 3 aromatic rings. The van der Waals surface area contributed by atoms with Crippen molar-refractivity contribution < 1.29 is 27.9 Å². The van der Waals surface area contributed by atoms with Gasteiger partial charge in [-0.15, -0.1) is 0 Å². The standard InChI is InChI=1S/C29H29ClN4O6S/c1-33(2)25(35)17-34(41(3,39)40)22-12-10-21(11-13-22)31-28(19-7-4-18(5-8-19)6-15-26(36)37)27-23-14-9-20(30)16-24(23)32-29(27)38/h4-5,7-14,16,31H,6,15,17H2,1-3H3,(H,32,38)(H,36,37)/b28-27-. The van der Waals surface area contributed by atoms with Crippen LogP contribution in [0.5, 0.6) is 0 Å². The number of benzene rings is 3. The van der Waals surface area contributed by atoms with Crippen LogP contribution in [-0.2, 0) is 30.8 Å². The average Bonchev–Trinajstić information content (AvgIpc) is 3.23. The summed E-state index contributed by atoms with van der Waals surface area (Å²) in [6, 6.07) is 18.8. The maximum absolute atomic E-state index is 13.2. The van der Waals surface area contributed by atoms with Gasteiger partial charge in [0.2, 0.25) is 15.9 Å². The summed E-state index contributed by atoms with van der Waals surface area (Å²) in [6.07, 6.45) is 1.40. The minimum absolute atomic E-state index is 0.000922. The van der Waals surface area contributed by atoms with Crippen molar-refractivity contribution in [1.29, 1.82) is 0 Å². The molecule has 0 saturated heterocycles. The van der Waals surface area contributed by atoms with Gasteiger partial charge in [0.05, 0.1) is 28.9 Å². The number of aliphatic carboxylic acids is 1. The molecule has 0 fully saturated rings. The lowest BCUT2D eigenvalue weighted by atomic mass is 9.98. The molecule has 214 valence electrons. The maximum atomic E-state index is 13.2. The zero-order valence-corrected chi connectivity index (χ0v) is 24.2. The van der Waals surface area contributed by atoms with Gasteiger partial charge in [-0.2, -0.15) is 0 Å². The molecule has 0 aliphatic carbocycles. The van der Waals surface area contributed by atoms with Gasteiger partial charge in [-0.05, 0) is 53.9 Å². The topological polar surface area (TPSA) is 136 Å². The van der Waals surface area contributed by atoms with Crippen molar-refractivity contribution in [3.63, 3.8) is 0 Å². The number of carbonyl (C=O) groups excluding carboxylic acids is 2. The fourth-order valence-corrected chi connectivity index (χ4v) is 5.30. The summed E-state index contributed by atoms with van der Waals surface area (Å²) in [5.41, 5.74) is 4.48. The summed E-state index contributed by atoms with van der Waals surface area (Å²) < 4.78 is 25.9. The van der Waals surface area contributed by atoms with Crippen LogP contribution in [0.4, 0.5) is 17.1 Å². The van der Waals surface area contributed by atoms with Crippen molar-refractivity contribution in [2.75, 3.05) is 41.8 Å². The second-order valence-electron chi connectivity index (χ2n) is 9.71. The van der Waals surface area contributed by atoms with Gasteiger partial charge in [0.1, 0.15) is 6.54 Å². The number of halogens is 1. The lowest BCUT2D eigenvalue weighted by Gasteiger charge is -2.24. The van der Waals surface area contributed by atoms with Gasteiger partial charge in [-0.3, -0.25) is 18.7 Å². The van der Waals surface area contributed by atoms with E-state index in [0.717, 1.165) is 16.1 Å². The quantitative estimate of drug-likeness (QED) is 0.299. The first-order valence-electron chi connectivity index (χ1n) is 12.5. The molecular formula is C29H29ClN4O6S. The lowest BCUT2D eigenvalue weighted by molar-refractivity contribution is -0.137. The molecule has 2 amide bonds. The highest BCUT2D eigenvalue weighted by Crippen LogP contribution is 2.39. The van der Waals surface area contributed by atoms with Gasteiger partial charge in [0, 0.05) is 36.8 Å². The van der Waals surface area contributed by atoms with Crippen molar-refractivity contribution in [2.24, 2.45) is 0 Å². The van der Waals surface area contributed by atoms with Gasteiger partial charge in [-0.1, -0.05) is 41.9 Å². The third-order valence-corrected chi connectivity index (χ3v) is 7.82. The molecule has 0 unspecified atom stereocenters. The zero-order chi connectivity index (χ0) is 29.9. The Balaban J connectivity index is 1.73. The number of aryl methyl sites for hydroxylation is 1. The number of carboxylic acids is 1. The van der Waals surface area contributed by atoms with E-state index in [1.807, 2.05) is 12.1 Å². The first-order chi connectivity index (χ1) is 19.3. The number of likely N-dealkylation sites (N-methyl/N-ethyl adjacent to an activating group) is 1. The smallest absolute Gasteiger partial charge is 0.303 e. The van der Waals surface area contributed by atoms with Crippen molar-refractivity contribution in [2.45, 2.75) is 12.8 Å². The summed E-state index contributed by atoms with van der Waals surface area (Å²) >= 11 is 6.14. The van der Waals surface area contributed by atoms with E-state index in [9.17, 15) is 22.8 Å². The van der Waals surface area contributed by atoms with E-state index < -0.39 is 16.0 Å². The number of carbonyl (C=O) groups is 3. The monoisotopic (exact) mass is 596 g/mol. The van der Waals surface area contributed by atoms with Crippen LogP contribution in [-0.4, -0.2) is 63.1 Å². The van der Waals surface area contributed by atoms with Gasteiger partial charge >= 0.3 is 5.97 Å². The van der Waals surface area contributed by atoms with E-state index in [0.29, 0.717) is 50.9 Å². The summed E-state index contributed by atoms with van der Waals surface area (Å²) in [6.45, 7) is -0.346. The van der Waals surface area contributed by atoms with E-state index in [1.165, 1.54) is 4.90 Å². The predicted molar refractivity (Wildman–Crippen MR) is 160 cm³/mol. The number of nitrogens with one attached hydrogen (secondary N) is 2. The minimum atomic E-state index is -3.74. The Kier molecular flexibility index (Phi) is 8.69. The van der Waals surface area contributed by atoms with E-state index in [1.54, 1.807) is 68.7 Å². The third kappa shape index (κ3) is 7.05. The molecule has 0 bridgehead atoms. The van der Waals surface area contributed by atoms with Crippen molar-refractivity contribution >= 4 is 67.7 Å². The number of hydrogen-bond donors (Lipinski definition) is 3. The summed E-state index contributed by atoms with van der Waals surface area (Å²) in [5.74, 6) is -1.59. The van der Waals surface area contributed by atoms with Crippen molar-refractivity contribution in [3.8, 4) is 0 Å². The van der Waals surface area contributed by atoms with Gasteiger partial charge in [-0.25, -0.2) is 8.42 Å². The zero-order valence-electron chi connectivity index (χ0n) is 22.6. The number of amides is 2. The molecule has 0 atom stereocenters. The first-order valence-corrected chi connectivity index (χ1v) is 14.8. The first kappa shape index (κ1) is 29.6. The largest absolute Gasteiger partial charge is 0.481 e. The number of hydrogen-bond acceptors (Lipinski definition) is 6. The van der Waals surface area contributed by atoms with Gasteiger partial charge in [0.15, 0.2) is 0 Å². The summed E-state index contributed by atoms with van der Waals surface area (Å²) in [5, 5.41) is 15.6. The molecule has 12 heteroatoms. The molecule has 0 radical (unpaired) electrons. The van der Waals surface area contributed by atoms with E-state index in [-0.39, 0.29) is 24.8 Å². The van der Waals surface area contributed by atoms with Crippen molar-refractivity contribution in [1.82, 2.24) is 4.90 Å². The molecule has 10 nitrogen and oxygen atoms in total. The third-order valence-electron chi connectivity index (χ3n) is 6.45. The number of fused-ring (bicyclic) bond motifs is 1. The number of rotatable bonds is 10. The molecular weight excluding hydrogens is 568 g/mol.